The van der Waals surface area contributed by atoms with Crippen molar-refractivity contribution in [2.24, 2.45) is 11.3 Å². The molecule has 1 saturated carbocycles. The number of hydrogen-bond donors (Lipinski definition) is 2. The fraction of sp³-hybridized carbons (Fsp3) is 0.562. The van der Waals surface area contributed by atoms with Crippen molar-refractivity contribution in [3.8, 4) is 5.75 Å². The average Bonchev–Trinajstić information content (AvgIpc) is 2.28. The summed E-state index contributed by atoms with van der Waals surface area (Å²) in [7, 11) is 0. The summed E-state index contributed by atoms with van der Waals surface area (Å²) in [6, 6.07) is 4.85. The second-order valence-corrected chi connectivity index (χ2v) is 6.68. The lowest BCUT2D eigenvalue weighted by atomic mass is 9.71. The number of hydrogen-bond acceptors (Lipinski definition) is 3. The van der Waals surface area contributed by atoms with Gasteiger partial charge in [0.15, 0.2) is 5.75 Å². The summed E-state index contributed by atoms with van der Waals surface area (Å²) in [5.41, 5.74) is 6.64. The van der Waals surface area contributed by atoms with Gasteiger partial charge in [-0.2, -0.15) is 0 Å². The maximum atomic E-state index is 11.3. The molecule has 0 spiro atoms. The Kier molecular flexibility index (Phi) is 3.93. The number of nitrogens with two attached hydrogens (primary N) is 1. The summed E-state index contributed by atoms with van der Waals surface area (Å²) in [4.78, 5) is 11.3. The fourth-order valence-electron chi connectivity index (χ4n) is 3.37. The van der Waals surface area contributed by atoms with Gasteiger partial charge in [0, 0.05) is 0 Å². The van der Waals surface area contributed by atoms with Crippen molar-refractivity contribution in [3.05, 3.63) is 23.8 Å². The first-order chi connectivity index (χ1) is 9.28. The molecule has 0 amide bonds. The molecule has 0 heterocycles. The van der Waals surface area contributed by atoms with E-state index in [1.165, 1.54) is 12.5 Å². The van der Waals surface area contributed by atoms with Crippen molar-refractivity contribution in [1.29, 1.82) is 0 Å². The minimum absolute atomic E-state index is 0.0246. The third-order valence-corrected chi connectivity index (χ3v) is 3.91. The normalized spacial score (nSPS) is 25.1. The molecule has 4 heteroatoms. The van der Waals surface area contributed by atoms with Crippen molar-refractivity contribution < 1.29 is 14.6 Å². The van der Waals surface area contributed by atoms with Crippen LogP contribution in [0.25, 0.3) is 0 Å². The van der Waals surface area contributed by atoms with Gasteiger partial charge >= 0.3 is 5.97 Å². The zero-order valence-electron chi connectivity index (χ0n) is 12.3. The van der Waals surface area contributed by atoms with E-state index >= 15 is 0 Å². The topological polar surface area (TPSA) is 72.5 Å². The lowest BCUT2D eigenvalue weighted by Crippen LogP contribution is -2.34. The Morgan fingerprint density at radius 2 is 2.10 bits per heavy atom. The van der Waals surface area contributed by atoms with Crippen LogP contribution in [-0.2, 0) is 0 Å². The lowest BCUT2D eigenvalue weighted by molar-refractivity contribution is 0.0537. The Morgan fingerprint density at radius 1 is 1.40 bits per heavy atom. The highest BCUT2D eigenvalue weighted by Gasteiger charge is 2.34. The van der Waals surface area contributed by atoms with Crippen LogP contribution in [0.15, 0.2) is 18.2 Å². The van der Waals surface area contributed by atoms with Crippen molar-refractivity contribution >= 4 is 11.7 Å². The predicted molar refractivity (Wildman–Crippen MR) is 79.0 cm³/mol. The maximum Gasteiger partial charge on any atom is 0.339 e. The Labute approximate surface area is 119 Å². The quantitative estimate of drug-likeness (QED) is 0.828. The highest BCUT2D eigenvalue weighted by molar-refractivity contribution is 5.93. The number of nitrogen functional groups attached to an aromatic ring is 1. The Hall–Kier alpha value is -1.71. The van der Waals surface area contributed by atoms with Gasteiger partial charge in [-0.05, 0) is 42.7 Å². The first-order valence-corrected chi connectivity index (χ1v) is 7.07. The zero-order chi connectivity index (χ0) is 14.9. The molecule has 0 radical (unpaired) electrons. The summed E-state index contributed by atoms with van der Waals surface area (Å²) in [6.07, 6.45) is 3.06. The number of rotatable bonds is 3. The minimum atomic E-state index is -1.00. The van der Waals surface area contributed by atoms with Gasteiger partial charge in [0.25, 0.3) is 0 Å². The van der Waals surface area contributed by atoms with E-state index in [1.54, 1.807) is 12.1 Å². The molecule has 0 aromatic heterocycles. The summed E-state index contributed by atoms with van der Waals surface area (Å²) in [5.74, 6) is -0.118. The minimum Gasteiger partial charge on any atom is -0.487 e. The molecule has 20 heavy (non-hydrogen) atoms. The molecule has 1 aromatic carbocycles. The van der Waals surface area contributed by atoms with Crippen LogP contribution >= 0.6 is 0 Å². The number of carbonyl (C=O) groups is 1. The molecular formula is C16H23NO3. The van der Waals surface area contributed by atoms with Crippen LogP contribution < -0.4 is 10.5 Å². The summed E-state index contributed by atoms with van der Waals surface area (Å²) in [6.45, 7) is 6.67. The number of carboxylic acids is 1. The number of aromatic carboxylic acids is 1. The molecule has 0 aliphatic heterocycles. The number of anilines is 1. The predicted octanol–water partition coefficient (Wildman–Crippen LogP) is 3.56. The Morgan fingerprint density at radius 3 is 2.70 bits per heavy atom. The van der Waals surface area contributed by atoms with Gasteiger partial charge in [-0.1, -0.05) is 26.8 Å². The highest BCUT2D eigenvalue weighted by atomic mass is 16.5. The average molecular weight is 277 g/mol. The molecule has 1 aliphatic carbocycles. The van der Waals surface area contributed by atoms with E-state index in [-0.39, 0.29) is 17.1 Å². The first kappa shape index (κ1) is 14.7. The molecule has 2 atom stereocenters. The van der Waals surface area contributed by atoms with E-state index < -0.39 is 5.97 Å². The smallest absolute Gasteiger partial charge is 0.339 e. The maximum absolute atomic E-state index is 11.3. The molecule has 110 valence electrons. The van der Waals surface area contributed by atoms with Crippen LogP contribution in [0, 0.1) is 11.3 Å². The van der Waals surface area contributed by atoms with Crippen molar-refractivity contribution in [2.45, 2.75) is 46.1 Å². The monoisotopic (exact) mass is 277 g/mol. The Bertz CT molecular complexity index is 510. The molecule has 1 aromatic rings. The molecule has 3 N–H and O–H groups in total. The standard InChI is InChI=1S/C16H23NO3/c1-10-7-11(9-16(2,3)8-10)20-14-12(15(18)19)5-4-6-13(14)17/h4-6,10-11H,7-9,17H2,1-3H3,(H,18,19). The Balaban J connectivity index is 2.24. The SMILES string of the molecule is CC1CC(Oc2c(N)cccc2C(=O)O)CC(C)(C)C1. The van der Waals surface area contributed by atoms with Crippen molar-refractivity contribution in [1.82, 2.24) is 0 Å². The molecule has 1 fully saturated rings. The van der Waals surface area contributed by atoms with Crippen molar-refractivity contribution in [3.63, 3.8) is 0 Å². The number of para-hydroxylation sites is 1. The second-order valence-electron chi connectivity index (χ2n) is 6.68. The van der Waals surface area contributed by atoms with Gasteiger partial charge in [0.05, 0.1) is 11.8 Å². The van der Waals surface area contributed by atoms with E-state index in [4.69, 9.17) is 10.5 Å². The molecule has 4 nitrogen and oxygen atoms in total. The van der Waals surface area contributed by atoms with Crippen LogP contribution in [0.4, 0.5) is 5.69 Å². The van der Waals surface area contributed by atoms with Gasteiger partial charge in [-0.3, -0.25) is 0 Å². The van der Waals surface area contributed by atoms with Gasteiger partial charge in [0.1, 0.15) is 5.56 Å². The van der Waals surface area contributed by atoms with E-state index in [0.717, 1.165) is 12.8 Å². The fourth-order valence-corrected chi connectivity index (χ4v) is 3.37. The molecule has 0 bridgehead atoms. The molecule has 0 saturated heterocycles. The number of ether oxygens (including phenoxy) is 1. The largest absolute Gasteiger partial charge is 0.487 e. The highest BCUT2D eigenvalue weighted by Crippen LogP contribution is 2.41. The number of carboxylic acid groups (broad SMARTS) is 1. The summed E-state index contributed by atoms with van der Waals surface area (Å²) >= 11 is 0. The van der Waals surface area contributed by atoms with Crippen LogP contribution in [0.2, 0.25) is 0 Å². The van der Waals surface area contributed by atoms with Crippen LogP contribution in [0.5, 0.6) is 5.75 Å². The molecule has 1 aliphatic rings. The third kappa shape index (κ3) is 3.24. The van der Waals surface area contributed by atoms with Gasteiger partial charge in [-0.15, -0.1) is 0 Å². The second kappa shape index (κ2) is 5.35. The zero-order valence-corrected chi connectivity index (χ0v) is 12.3. The molecular weight excluding hydrogens is 254 g/mol. The van der Waals surface area contributed by atoms with E-state index in [0.29, 0.717) is 17.4 Å². The lowest BCUT2D eigenvalue weighted by Gasteiger charge is -2.39. The molecule has 2 rings (SSSR count). The van der Waals surface area contributed by atoms with Crippen LogP contribution in [0.1, 0.15) is 50.4 Å². The van der Waals surface area contributed by atoms with E-state index in [9.17, 15) is 9.90 Å². The van der Waals surface area contributed by atoms with Gasteiger partial charge in [-0.25, -0.2) is 4.79 Å². The summed E-state index contributed by atoms with van der Waals surface area (Å²) in [5, 5.41) is 9.24. The third-order valence-electron chi connectivity index (χ3n) is 3.91. The number of benzene rings is 1. The summed E-state index contributed by atoms with van der Waals surface area (Å²) < 4.78 is 5.98. The first-order valence-electron chi connectivity index (χ1n) is 7.07. The van der Waals surface area contributed by atoms with Crippen molar-refractivity contribution in [2.75, 3.05) is 5.73 Å². The van der Waals surface area contributed by atoms with Gasteiger partial charge in [0.2, 0.25) is 0 Å². The van der Waals surface area contributed by atoms with Crippen LogP contribution in [0.3, 0.4) is 0 Å². The van der Waals surface area contributed by atoms with E-state index in [2.05, 4.69) is 20.8 Å². The van der Waals surface area contributed by atoms with Gasteiger partial charge < -0.3 is 15.6 Å². The van der Waals surface area contributed by atoms with Crippen LogP contribution in [-0.4, -0.2) is 17.2 Å². The van der Waals surface area contributed by atoms with E-state index in [1.807, 2.05) is 0 Å². The molecule has 2 unspecified atom stereocenters.